The largest absolute Gasteiger partial charge is 0.497 e. The maximum absolute atomic E-state index is 15.1. The van der Waals surface area contributed by atoms with Crippen molar-refractivity contribution in [3.05, 3.63) is 130 Å². The maximum Gasteiger partial charge on any atom is 0.461 e. The number of nitrogens with zero attached hydrogens (tertiary/aromatic N) is 1. The van der Waals surface area contributed by atoms with Gasteiger partial charge >= 0.3 is 18.7 Å². The van der Waals surface area contributed by atoms with Crippen molar-refractivity contribution >= 4 is 23.1 Å². The predicted octanol–water partition coefficient (Wildman–Crippen LogP) is 8.66. The molecule has 0 bridgehead atoms. The van der Waals surface area contributed by atoms with Crippen LogP contribution in [-0.2, 0) is 11.7 Å². The Bertz CT molecular complexity index is 1750. The average molecular weight is 675 g/mol. The molecule has 0 spiro atoms. The van der Waals surface area contributed by atoms with Crippen LogP contribution in [0.15, 0.2) is 85.6 Å². The Labute approximate surface area is 260 Å². The molecule has 15 heteroatoms. The van der Waals surface area contributed by atoms with Crippen LogP contribution in [0.2, 0.25) is 5.02 Å². The van der Waals surface area contributed by atoms with Gasteiger partial charge in [0.1, 0.15) is 28.7 Å². The first-order valence-corrected chi connectivity index (χ1v) is 13.2. The van der Waals surface area contributed by atoms with E-state index in [9.17, 15) is 39.9 Å². The summed E-state index contributed by atoms with van der Waals surface area (Å²) in [5, 5.41) is 2.50. The van der Waals surface area contributed by atoms with Crippen LogP contribution in [0, 0.1) is 11.6 Å². The van der Waals surface area contributed by atoms with Gasteiger partial charge in [0.25, 0.3) is 5.91 Å². The molecule has 1 aromatic heterocycles. The molecule has 1 amide bonds. The van der Waals surface area contributed by atoms with Gasteiger partial charge in [-0.15, -0.1) is 0 Å². The van der Waals surface area contributed by atoms with Crippen LogP contribution in [0.5, 0.6) is 11.5 Å². The van der Waals surface area contributed by atoms with Crippen molar-refractivity contribution in [2.24, 2.45) is 0 Å². The molecule has 1 atom stereocenters. The molecule has 242 valence electrons. The first-order chi connectivity index (χ1) is 21.5. The third kappa shape index (κ3) is 7.06. The van der Waals surface area contributed by atoms with Crippen LogP contribution in [0.3, 0.4) is 0 Å². The first kappa shape index (κ1) is 34.2. The summed E-state index contributed by atoms with van der Waals surface area (Å²) >= 11 is 6.00. The Morgan fingerprint density at radius 3 is 2.11 bits per heavy atom. The molecule has 0 aliphatic carbocycles. The third-order valence-corrected chi connectivity index (χ3v) is 6.87. The lowest BCUT2D eigenvalue weighted by Gasteiger charge is -2.37. The fourth-order valence-electron chi connectivity index (χ4n) is 4.46. The number of methoxy groups -OCH3 is 1. The Morgan fingerprint density at radius 1 is 0.891 bits per heavy atom. The first-order valence-electron chi connectivity index (χ1n) is 12.8. The summed E-state index contributed by atoms with van der Waals surface area (Å²) in [5.41, 5.74) is -5.59. The van der Waals surface area contributed by atoms with E-state index in [2.05, 4.69) is 21.6 Å². The molecule has 0 saturated carbocycles. The molecule has 0 saturated heterocycles. The van der Waals surface area contributed by atoms with E-state index in [0.717, 1.165) is 12.3 Å². The Kier molecular flexibility index (Phi) is 9.62. The molecule has 3 aromatic carbocycles. The lowest BCUT2D eigenvalue weighted by molar-refractivity contribution is -0.253. The average Bonchev–Trinajstić information content (AvgIpc) is 2.99. The number of rotatable bonds is 10. The number of halogens is 10. The highest BCUT2D eigenvalue weighted by atomic mass is 35.5. The molecule has 0 aliphatic rings. The van der Waals surface area contributed by atoms with Gasteiger partial charge in [-0.25, -0.2) is 8.78 Å². The van der Waals surface area contributed by atoms with Gasteiger partial charge in [0.2, 0.25) is 0 Å². The zero-order valence-corrected chi connectivity index (χ0v) is 24.0. The van der Waals surface area contributed by atoms with Crippen molar-refractivity contribution < 1.29 is 53.8 Å². The van der Waals surface area contributed by atoms with E-state index in [0.29, 0.717) is 30.0 Å². The minimum atomic E-state index is -5.20. The molecule has 0 unspecified atom stereocenters. The summed E-state index contributed by atoms with van der Waals surface area (Å²) in [6.45, 7) is 4.01. The standard InChI is InChI=1S/C31H20ClF9N2O3/c1-16(17-3-7-22(45-2)8-4-17)29(26-10-6-20(32)15-42-26,19-12-21(33)14-23(13-19)46-31(40,41)28(35)36)43-27(44)18-5-9-25(34)24(11-18)30(37,38)39/h3-15,28H,1H2,2H3,(H,43,44)/t29-/m0/s1. The minimum Gasteiger partial charge on any atom is -0.497 e. The van der Waals surface area contributed by atoms with E-state index in [-0.39, 0.29) is 27.9 Å². The Balaban J connectivity index is 2.02. The Morgan fingerprint density at radius 2 is 1.54 bits per heavy atom. The third-order valence-electron chi connectivity index (χ3n) is 6.65. The SMILES string of the molecule is C=C(c1ccc(OC)cc1)[C@](NC(=O)c1ccc(F)c(C(F)(F)F)c1)(c1cc(F)cc(OC(F)(F)C(F)F)c1)c1ccc(Cl)cn1. The molecule has 0 radical (unpaired) electrons. The number of aromatic nitrogens is 1. The zero-order chi connectivity index (χ0) is 34.0. The summed E-state index contributed by atoms with van der Waals surface area (Å²) in [7, 11) is 1.37. The van der Waals surface area contributed by atoms with E-state index in [1.165, 1.54) is 43.5 Å². The molecular formula is C31H20ClF9N2O3. The van der Waals surface area contributed by atoms with Crippen molar-refractivity contribution in [1.29, 1.82) is 0 Å². The van der Waals surface area contributed by atoms with Crippen LogP contribution in [-0.4, -0.2) is 30.5 Å². The number of ether oxygens (including phenoxy) is 2. The quantitative estimate of drug-likeness (QED) is 0.171. The fourth-order valence-corrected chi connectivity index (χ4v) is 4.57. The molecule has 1 N–H and O–H groups in total. The number of carbonyl (C=O) groups excluding carboxylic acids is 1. The van der Waals surface area contributed by atoms with Crippen molar-refractivity contribution in [2.75, 3.05) is 7.11 Å². The fraction of sp³-hybridized carbons (Fsp3) is 0.161. The molecule has 4 aromatic rings. The number of alkyl halides is 7. The van der Waals surface area contributed by atoms with Crippen LogP contribution in [0.1, 0.15) is 32.7 Å². The van der Waals surface area contributed by atoms with Crippen molar-refractivity contribution in [3.63, 3.8) is 0 Å². The topological polar surface area (TPSA) is 60.5 Å². The molecule has 1 heterocycles. The molecule has 5 nitrogen and oxygen atoms in total. The van der Waals surface area contributed by atoms with Crippen LogP contribution in [0.4, 0.5) is 39.5 Å². The van der Waals surface area contributed by atoms with E-state index < -0.39 is 64.2 Å². The van der Waals surface area contributed by atoms with Crippen LogP contribution < -0.4 is 14.8 Å². The number of hydrogen-bond acceptors (Lipinski definition) is 4. The summed E-state index contributed by atoms with van der Waals surface area (Å²) < 4.78 is 133. The predicted molar refractivity (Wildman–Crippen MR) is 149 cm³/mol. The van der Waals surface area contributed by atoms with Crippen LogP contribution in [0.25, 0.3) is 5.57 Å². The van der Waals surface area contributed by atoms with Gasteiger partial charge in [-0.05, 0) is 71.3 Å². The van der Waals surface area contributed by atoms with Gasteiger partial charge in [-0.2, -0.15) is 30.7 Å². The number of hydrogen-bond donors (Lipinski definition) is 1. The van der Waals surface area contributed by atoms with Crippen molar-refractivity contribution in [2.45, 2.75) is 24.2 Å². The van der Waals surface area contributed by atoms with Gasteiger partial charge in [-0.1, -0.05) is 30.3 Å². The highest BCUT2D eigenvalue weighted by Gasteiger charge is 2.46. The molecule has 4 rings (SSSR count). The highest BCUT2D eigenvalue weighted by molar-refractivity contribution is 6.30. The van der Waals surface area contributed by atoms with Crippen molar-refractivity contribution in [3.8, 4) is 11.5 Å². The van der Waals surface area contributed by atoms with Crippen molar-refractivity contribution in [1.82, 2.24) is 10.3 Å². The summed E-state index contributed by atoms with van der Waals surface area (Å²) in [4.78, 5) is 17.9. The monoisotopic (exact) mass is 674 g/mol. The van der Waals surface area contributed by atoms with Gasteiger partial charge in [0, 0.05) is 17.8 Å². The minimum absolute atomic E-state index is 0.0622. The number of pyridine rings is 1. The van der Waals surface area contributed by atoms with Crippen LogP contribution >= 0.6 is 11.6 Å². The van der Waals surface area contributed by atoms with E-state index >= 15 is 4.39 Å². The van der Waals surface area contributed by atoms with E-state index in [1.54, 1.807) is 0 Å². The lowest BCUT2D eigenvalue weighted by Crippen LogP contribution is -2.48. The Hall–Kier alpha value is -4.72. The molecular weight excluding hydrogens is 655 g/mol. The van der Waals surface area contributed by atoms with Gasteiger partial charge in [0.05, 0.1) is 23.4 Å². The highest BCUT2D eigenvalue weighted by Crippen LogP contribution is 2.43. The smallest absolute Gasteiger partial charge is 0.461 e. The maximum atomic E-state index is 15.1. The molecule has 46 heavy (non-hydrogen) atoms. The summed E-state index contributed by atoms with van der Waals surface area (Å²) in [5.74, 6) is -5.06. The molecule has 0 fully saturated rings. The summed E-state index contributed by atoms with van der Waals surface area (Å²) in [6.07, 6.45) is -13.5. The van der Waals surface area contributed by atoms with E-state index in [4.69, 9.17) is 16.3 Å². The van der Waals surface area contributed by atoms with E-state index in [1.807, 2.05) is 0 Å². The normalized spacial score (nSPS) is 13.2. The number of amides is 1. The van der Waals surface area contributed by atoms with Gasteiger partial charge < -0.3 is 14.8 Å². The zero-order valence-electron chi connectivity index (χ0n) is 23.2. The van der Waals surface area contributed by atoms with Gasteiger partial charge in [0.15, 0.2) is 0 Å². The number of nitrogens with one attached hydrogen (secondary N) is 1. The second kappa shape index (κ2) is 12.9. The second-order valence-electron chi connectivity index (χ2n) is 9.61. The number of benzene rings is 3. The number of carbonyl (C=O) groups is 1. The second-order valence-corrected chi connectivity index (χ2v) is 10.0. The van der Waals surface area contributed by atoms with Gasteiger partial charge in [-0.3, -0.25) is 9.78 Å². The lowest BCUT2D eigenvalue weighted by atomic mass is 9.76. The molecule has 0 aliphatic heterocycles. The summed E-state index contributed by atoms with van der Waals surface area (Å²) in [6, 6.07) is 11.4.